The molecule has 1 saturated heterocycles. The average molecular weight is 445 g/mol. The molecular formula is C25H21ClN4S. The number of hydrogen-bond donors (Lipinski definition) is 1. The molecule has 4 nitrogen and oxygen atoms in total. The van der Waals surface area contributed by atoms with E-state index in [1.54, 1.807) is 0 Å². The minimum Gasteiger partial charge on any atom is -0.351 e. The molecule has 0 aliphatic carbocycles. The van der Waals surface area contributed by atoms with Gasteiger partial charge in [-0.25, -0.2) is 0 Å². The third-order valence-electron chi connectivity index (χ3n) is 5.60. The fraction of sp³-hybridized carbons (Fsp3) is 0.120. The number of hydrogen-bond acceptors (Lipinski definition) is 2. The molecule has 1 N–H and O–H groups in total. The number of aromatic nitrogens is 2. The van der Waals surface area contributed by atoms with Gasteiger partial charge in [-0.1, -0.05) is 35.4 Å². The Morgan fingerprint density at radius 2 is 1.65 bits per heavy atom. The van der Waals surface area contributed by atoms with E-state index in [4.69, 9.17) is 23.8 Å². The summed E-state index contributed by atoms with van der Waals surface area (Å²) in [7, 11) is 0. The van der Waals surface area contributed by atoms with Gasteiger partial charge >= 0.3 is 0 Å². The highest BCUT2D eigenvalue weighted by Crippen LogP contribution is 2.42. The lowest BCUT2D eigenvalue weighted by Gasteiger charge is -2.29. The van der Waals surface area contributed by atoms with Crippen molar-refractivity contribution in [3.63, 3.8) is 0 Å². The Morgan fingerprint density at radius 1 is 0.903 bits per heavy atom. The summed E-state index contributed by atoms with van der Waals surface area (Å²) < 4.78 is 2.22. The minimum atomic E-state index is -0.0940. The van der Waals surface area contributed by atoms with Crippen LogP contribution in [0.15, 0.2) is 91.3 Å². The lowest BCUT2D eigenvalue weighted by atomic mass is 10.0. The smallest absolute Gasteiger partial charge is 0.174 e. The average Bonchev–Trinajstić information content (AvgIpc) is 3.40. The quantitative estimate of drug-likeness (QED) is 0.391. The molecule has 5 rings (SSSR count). The van der Waals surface area contributed by atoms with Crippen LogP contribution >= 0.6 is 23.8 Å². The number of aryl methyl sites for hydroxylation is 1. The van der Waals surface area contributed by atoms with Crippen LogP contribution in [0, 0.1) is 6.92 Å². The molecule has 0 spiro atoms. The van der Waals surface area contributed by atoms with Gasteiger partial charge in [0.2, 0.25) is 0 Å². The molecule has 0 amide bonds. The van der Waals surface area contributed by atoms with Crippen molar-refractivity contribution >= 4 is 34.6 Å². The van der Waals surface area contributed by atoms with Crippen LogP contribution < -0.4 is 10.2 Å². The number of nitrogens with one attached hydrogen (secondary N) is 1. The van der Waals surface area contributed by atoms with Gasteiger partial charge in [-0.15, -0.1) is 0 Å². The monoisotopic (exact) mass is 444 g/mol. The highest BCUT2D eigenvalue weighted by Gasteiger charge is 2.42. The Bertz CT molecular complexity index is 1200. The fourth-order valence-electron chi connectivity index (χ4n) is 4.11. The molecule has 1 aliphatic heterocycles. The molecule has 31 heavy (non-hydrogen) atoms. The van der Waals surface area contributed by atoms with E-state index in [-0.39, 0.29) is 12.1 Å². The Morgan fingerprint density at radius 3 is 2.35 bits per heavy atom. The molecule has 154 valence electrons. The maximum absolute atomic E-state index is 6.15. The summed E-state index contributed by atoms with van der Waals surface area (Å²) in [6.45, 7) is 2.10. The largest absolute Gasteiger partial charge is 0.351 e. The van der Waals surface area contributed by atoms with Crippen molar-refractivity contribution in [2.24, 2.45) is 0 Å². The van der Waals surface area contributed by atoms with Crippen LogP contribution in [0.5, 0.6) is 0 Å². The van der Waals surface area contributed by atoms with Crippen molar-refractivity contribution in [2.45, 2.75) is 19.0 Å². The zero-order valence-electron chi connectivity index (χ0n) is 16.9. The Kier molecular flexibility index (Phi) is 5.22. The Labute approximate surface area is 192 Å². The first-order valence-corrected chi connectivity index (χ1v) is 10.9. The first-order valence-electron chi connectivity index (χ1n) is 10.1. The van der Waals surface area contributed by atoms with Gasteiger partial charge < -0.3 is 14.8 Å². The second kappa shape index (κ2) is 8.17. The number of halogens is 1. The molecule has 1 fully saturated rings. The van der Waals surface area contributed by atoms with E-state index >= 15 is 0 Å². The third kappa shape index (κ3) is 3.71. The summed E-state index contributed by atoms with van der Waals surface area (Å²) >= 11 is 12.0. The molecule has 4 aromatic rings. The molecule has 0 radical (unpaired) electrons. The number of rotatable bonds is 4. The summed E-state index contributed by atoms with van der Waals surface area (Å²) in [6, 6.07) is 26.4. The summed E-state index contributed by atoms with van der Waals surface area (Å²) in [6.07, 6.45) is 3.91. The lowest BCUT2D eigenvalue weighted by Crippen LogP contribution is -2.30. The van der Waals surface area contributed by atoms with Gasteiger partial charge in [0.1, 0.15) is 6.04 Å². The van der Waals surface area contributed by atoms with Gasteiger partial charge in [0.15, 0.2) is 5.11 Å². The van der Waals surface area contributed by atoms with Crippen molar-refractivity contribution in [1.82, 2.24) is 14.9 Å². The first-order chi connectivity index (χ1) is 15.1. The molecular weight excluding hydrogens is 424 g/mol. The molecule has 0 saturated carbocycles. The first kappa shape index (κ1) is 19.8. The molecule has 0 bridgehead atoms. The summed E-state index contributed by atoms with van der Waals surface area (Å²) in [5, 5.41) is 4.87. The number of nitrogens with zero attached hydrogens (tertiary/aromatic N) is 3. The van der Waals surface area contributed by atoms with Crippen molar-refractivity contribution in [3.05, 3.63) is 113 Å². The van der Waals surface area contributed by atoms with Crippen LogP contribution in [-0.2, 0) is 0 Å². The predicted molar refractivity (Wildman–Crippen MR) is 130 cm³/mol. The van der Waals surface area contributed by atoms with Crippen LogP contribution in [0.25, 0.3) is 5.69 Å². The standard InChI is InChI=1S/C25H21ClN4S/c1-17-7-11-19(12-8-17)29-16-4-6-22(29)24-23(21-5-2-3-15-27-21)28-25(31)30(24)20-13-9-18(26)10-14-20/h2-16,23-24H,1H3,(H,28,31)/t23-,24-/m1/s1. The zero-order valence-corrected chi connectivity index (χ0v) is 18.5. The molecule has 2 aromatic carbocycles. The third-order valence-corrected chi connectivity index (χ3v) is 6.16. The number of anilines is 1. The van der Waals surface area contributed by atoms with Crippen molar-refractivity contribution in [1.29, 1.82) is 0 Å². The van der Waals surface area contributed by atoms with Gasteiger partial charge in [-0.2, -0.15) is 0 Å². The van der Waals surface area contributed by atoms with Gasteiger partial charge in [0.05, 0.1) is 11.7 Å². The van der Waals surface area contributed by atoms with Crippen molar-refractivity contribution < 1.29 is 0 Å². The van der Waals surface area contributed by atoms with E-state index in [1.165, 1.54) is 5.56 Å². The number of thiocarbonyl (C=S) groups is 1. The highest BCUT2D eigenvalue weighted by molar-refractivity contribution is 7.80. The van der Waals surface area contributed by atoms with E-state index in [9.17, 15) is 0 Å². The summed E-state index contributed by atoms with van der Waals surface area (Å²) in [5.41, 5.74) is 5.40. The van der Waals surface area contributed by atoms with E-state index in [0.717, 1.165) is 22.8 Å². The molecule has 3 heterocycles. The maximum atomic E-state index is 6.15. The van der Waals surface area contributed by atoms with Gasteiger partial charge in [-0.05, 0) is 79.8 Å². The minimum absolute atomic E-state index is 0.0834. The lowest BCUT2D eigenvalue weighted by molar-refractivity contribution is 0.549. The van der Waals surface area contributed by atoms with Gasteiger partial charge in [0.25, 0.3) is 0 Å². The fourth-order valence-corrected chi connectivity index (χ4v) is 4.58. The maximum Gasteiger partial charge on any atom is 0.174 e. The second-order valence-corrected chi connectivity index (χ2v) is 8.43. The Hall–Kier alpha value is -3.15. The Balaban J connectivity index is 1.66. The van der Waals surface area contributed by atoms with Crippen molar-refractivity contribution in [3.8, 4) is 5.69 Å². The zero-order chi connectivity index (χ0) is 21.4. The number of pyridine rings is 1. The van der Waals surface area contributed by atoms with Gasteiger partial charge in [0, 0.05) is 34.5 Å². The van der Waals surface area contributed by atoms with Crippen molar-refractivity contribution in [2.75, 3.05) is 4.90 Å². The summed E-state index contributed by atoms with van der Waals surface area (Å²) in [4.78, 5) is 6.79. The van der Waals surface area contributed by atoms with Crippen LogP contribution in [0.3, 0.4) is 0 Å². The summed E-state index contributed by atoms with van der Waals surface area (Å²) in [5.74, 6) is 0. The SMILES string of the molecule is Cc1ccc(-n2cccc2[C@@H]2[C@@H](c3ccccn3)NC(=S)N2c2ccc(Cl)cc2)cc1. The van der Waals surface area contributed by atoms with Gasteiger partial charge in [-0.3, -0.25) is 4.98 Å². The van der Waals surface area contributed by atoms with Crippen LogP contribution in [0.4, 0.5) is 5.69 Å². The normalized spacial score (nSPS) is 18.3. The van der Waals surface area contributed by atoms with Crippen LogP contribution in [0.1, 0.15) is 29.0 Å². The topological polar surface area (TPSA) is 33.1 Å². The van der Waals surface area contributed by atoms with E-state index in [0.29, 0.717) is 10.1 Å². The highest BCUT2D eigenvalue weighted by atomic mass is 35.5. The molecule has 6 heteroatoms. The van der Waals surface area contributed by atoms with E-state index in [1.807, 2.05) is 48.7 Å². The molecule has 1 aliphatic rings. The molecule has 0 unspecified atom stereocenters. The van der Waals surface area contributed by atoms with Crippen LogP contribution in [0.2, 0.25) is 5.02 Å². The van der Waals surface area contributed by atoms with E-state index < -0.39 is 0 Å². The van der Waals surface area contributed by atoms with Crippen LogP contribution in [-0.4, -0.2) is 14.7 Å². The molecule has 2 atom stereocenters. The second-order valence-electron chi connectivity index (χ2n) is 7.61. The number of benzene rings is 2. The molecule has 2 aromatic heterocycles. The van der Waals surface area contributed by atoms with E-state index in [2.05, 4.69) is 69.3 Å². The predicted octanol–water partition coefficient (Wildman–Crippen LogP) is 6.01.